The van der Waals surface area contributed by atoms with Crippen LogP contribution in [-0.4, -0.2) is 20.7 Å². The SMILES string of the molecule is CCOC(=O)/C=C/C=C/[Si](C)(C)C. The molecule has 3 heteroatoms. The van der Waals surface area contributed by atoms with Crippen molar-refractivity contribution < 1.29 is 9.53 Å². The lowest BCUT2D eigenvalue weighted by atomic mass is 10.5. The van der Waals surface area contributed by atoms with Gasteiger partial charge in [-0.05, 0) is 6.92 Å². The van der Waals surface area contributed by atoms with Crippen LogP contribution in [0.2, 0.25) is 19.6 Å². The molecular weight excluding hydrogens is 180 g/mol. The van der Waals surface area contributed by atoms with E-state index in [9.17, 15) is 4.79 Å². The van der Waals surface area contributed by atoms with Gasteiger partial charge < -0.3 is 4.74 Å². The summed E-state index contributed by atoms with van der Waals surface area (Å²) >= 11 is 0. The van der Waals surface area contributed by atoms with Crippen molar-refractivity contribution in [3.05, 3.63) is 23.9 Å². The van der Waals surface area contributed by atoms with Gasteiger partial charge in [-0.25, -0.2) is 4.79 Å². The van der Waals surface area contributed by atoms with Crippen LogP contribution in [0.15, 0.2) is 23.9 Å². The molecular formula is C10H18O2Si. The smallest absolute Gasteiger partial charge is 0.330 e. The summed E-state index contributed by atoms with van der Waals surface area (Å²) < 4.78 is 4.73. The van der Waals surface area contributed by atoms with Crippen molar-refractivity contribution >= 4 is 14.0 Å². The summed E-state index contributed by atoms with van der Waals surface area (Å²) in [6.07, 6.45) is 5.10. The number of carbonyl (C=O) groups is 1. The van der Waals surface area contributed by atoms with Crippen LogP contribution in [0, 0.1) is 0 Å². The molecule has 0 saturated carbocycles. The Bertz CT molecular complexity index is 211. The lowest BCUT2D eigenvalue weighted by Gasteiger charge is -2.06. The minimum absolute atomic E-state index is 0.275. The van der Waals surface area contributed by atoms with Crippen LogP contribution in [0.5, 0.6) is 0 Å². The third-order valence-corrected chi connectivity index (χ3v) is 2.42. The normalized spacial score (nSPS) is 12.6. The zero-order valence-electron chi connectivity index (χ0n) is 8.83. The molecule has 0 spiro atoms. The number of allylic oxidation sites excluding steroid dienone is 2. The molecule has 0 aromatic rings. The van der Waals surface area contributed by atoms with Crippen molar-refractivity contribution in [2.45, 2.75) is 26.6 Å². The molecule has 0 radical (unpaired) electrons. The summed E-state index contributed by atoms with van der Waals surface area (Å²) in [4.78, 5) is 10.8. The molecule has 0 heterocycles. The summed E-state index contributed by atoms with van der Waals surface area (Å²) in [7, 11) is -1.13. The second kappa shape index (κ2) is 5.75. The van der Waals surface area contributed by atoms with Crippen LogP contribution in [-0.2, 0) is 9.53 Å². The molecule has 0 fully saturated rings. The molecule has 13 heavy (non-hydrogen) atoms. The Morgan fingerprint density at radius 2 is 1.92 bits per heavy atom. The molecule has 0 aromatic heterocycles. The molecule has 0 aliphatic heterocycles. The van der Waals surface area contributed by atoms with Crippen LogP contribution in [0.1, 0.15) is 6.92 Å². The predicted molar refractivity (Wildman–Crippen MR) is 58.3 cm³/mol. The van der Waals surface area contributed by atoms with Gasteiger partial charge in [0.05, 0.1) is 14.7 Å². The minimum atomic E-state index is -1.13. The fourth-order valence-electron chi connectivity index (χ4n) is 0.669. The molecule has 2 nitrogen and oxygen atoms in total. The largest absolute Gasteiger partial charge is 0.463 e. The highest BCUT2D eigenvalue weighted by molar-refractivity contribution is 6.80. The Morgan fingerprint density at radius 1 is 1.31 bits per heavy atom. The van der Waals surface area contributed by atoms with Crippen molar-refractivity contribution in [2.75, 3.05) is 6.61 Å². The van der Waals surface area contributed by atoms with Crippen LogP contribution < -0.4 is 0 Å². The first-order valence-corrected chi connectivity index (χ1v) is 8.06. The molecule has 74 valence electrons. The maximum absolute atomic E-state index is 10.8. The molecule has 0 amide bonds. The highest BCUT2D eigenvalue weighted by atomic mass is 28.3. The van der Waals surface area contributed by atoms with Crippen LogP contribution in [0.3, 0.4) is 0 Å². The first-order chi connectivity index (χ1) is 5.95. The van der Waals surface area contributed by atoms with Gasteiger partial charge >= 0.3 is 5.97 Å². The van der Waals surface area contributed by atoms with Crippen molar-refractivity contribution in [1.82, 2.24) is 0 Å². The zero-order valence-corrected chi connectivity index (χ0v) is 9.83. The van der Waals surface area contributed by atoms with E-state index in [-0.39, 0.29) is 5.97 Å². The molecule has 0 atom stereocenters. The fraction of sp³-hybridized carbons (Fsp3) is 0.500. The quantitative estimate of drug-likeness (QED) is 0.300. The Balaban J connectivity index is 3.88. The van der Waals surface area contributed by atoms with Crippen molar-refractivity contribution in [3.63, 3.8) is 0 Å². The van der Waals surface area contributed by atoms with E-state index in [1.54, 1.807) is 13.0 Å². The van der Waals surface area contributed by atoms with Gasteiger partial charge in [-0.2, -0.15) is 0 Å². The molecule has 0 aliphatic carbocycles. The van der Waals surface area contributed by atoms with Crippen molar-refractivity contribution in [1.29, 1.82) is 0 Å². The van der Waals surface area contributed by atoms with E-state index in [4.69, 9.17) is 4.74 Å². The summed E-state index contributed by atoms with van der Waals surface area (Å²) in [5.41, 5.74) is 2.17. The summed E-state index contributed by atoms with van der Waals surface area (Å²) in [5, 5.41) is 0. The number of esters is 1. The summed E-state index contributed by atoms with van der Waals surface area (Å²) in [6, 6.07) is 0. The van der Waals surface area contributed by atoms with Gasteiger partial charge in [0.15, 0.2) is 0 Å². The van der Waals surface area contributed by atoms with E-state index in [1.165, 1.54) is 6.08 Å². The van der Waals surface area contributed by atoms with Crippen molar-refractivity contribution in [2.24, 2.45) is 0 Å². The Hall–Kier alpha value is -0.833. The van der Waals surface area contributed by atoms with E-state index in [0.29, 0.717) is 6.61 Å². The van der Waals surface area contributed by atoms with Gasteiger partial charge in [-0.1, -0.05) is 37.5 Å². The van der Waals surface area contributed by atoms with Crippen LogP contribution >= 0.6 is 0 Å². The minimum Gasteiger partial charge on any atom is -0.463 e. The third kappa shape index (κ3) is 9.08. The fourth-order valence-corrected chi connectivity index (χ4v) is 1.36. The molecule has 0 rings (SSSR count). The summed E-state index contributed by atoms with van der Waals surface area (Å²) in [5.74, 6) is -0.275. The van der Waals surface area contributed by atoms with Gasteiger partial charge in [0, 0.05) is 6.08 Å². The number of hydrogen-bond acceptors (Lipinski definition) is 2. The molecule has 0 saturated heterocycles. The van der Waals surface area contributed by atoms with Crippen molar-refractivity contribution in [3.8, 4) is 0 Å². The Morgan fingerprint density at radius 3 is 2.38 bits per heavy atom. The third-order valence-electron chi connectivity index (χ3n) is 1.23. The predicted octanol–water partition coefficient (Wildman–Crippen LogP) is 2.54. The zero-order chi connectivity index (χ0) is 10.3. The Kier molecular flexibility index (Phi) is 5.38. The number of ether oxygens (including phenoxy) is 1. The first-order valence-electron chi connectivity index (χ1n) is 4.48. The number of rotatable bonds is 4. The number of hydrogen-bond donors (Lipinski definition) is 0. The van der Waals surface area contributed by atoms with Crippen LogP contribution in [0.4, 0.5) is 0 Å². The monoisotopic (exact) mass is 198 g/mol. The summed E-state index contributed by atoms with van der Waals surface area (Å²) in [6.45, 7) is 8.94. The molecule has 0 aliphatic rings. The van der Waals surface area contributed by atoms with Gasteiger partial charge in [-0.15, -0.1) is 0 Å². The second-order valence-corrected chi connectivity index (χ2v) is 8.90. The average Bonchev–Trinajstić information content (AvgIpc) is 1.97. The van der Waals surface area contributed by atoms with E-state index in [1.807, 2.05) is 6.08 Å². The van der Waals surface area contributed by atoms with E-state index >= 15 is 0 Å². The van der Waals surface area contributed by atoms with Gasteiger partial charge in [0.2, 0.25) is 0 Å². The standard InChI is InChI=1S/C10H18O2Si/c1-5-12-10(11)8-6-7-9-13(2,3)4/h6-9H,5H2,1-4H3/b8-6+,9-7+. The molecule has 0 bridgehead atoms. The molecule has 0 aromatic carbocycles. The number of carbonyl (C=O) groups excluding carboxylic acids is 1. The molecule has 0 unspecified atom stereocenters. The van der Waals surface area contributed by atoms with E-state index in [2.05, 4.69) is 25.3 Å². The van der Waals surface area contributed by atoms with Gasteiger partial charge in [0.1, 0.15) is 0 Å². The average molecular weight is 198 g/mol. The first kappa shape index (κ1) is 12.2. The van der Waals surface area contributed by atoms with E-state index < -0.39 is 8.07 Å². The topological polar surface area (TPSA) is 26.3 Å². The highest BCUT2D eigenvalue weighted by Gasteiger charge is 2.05. The van der Waals surface area contributed by atoms with Gasteiger partial charge in [0.25, 0.3) is 0 Å². The lowest BCUT2D eigenvalue weighted by Crippen LogP contribution is -2.15. The van der Waals surface area contributed by atoms with E-state index in [0.717, 1.165) is 0 Å². The lowest BCUT2D eigenvalue weighted by molar-refractivity contribution is -0.137. The maximum Gasteiger partial charge on any atom is 0.330 e. The van der Waals surface area contributed by atoms with Crippen LogP contribution in [0.25, 0.3) is 0 Å². The van der Waals surface area contributed by atoms with Gasteiger partial charge in [-0.3, -0.25) is 0 Å². The highest BCUT2D eigenvalue weighted by Crippen LogP contribution is 2.01. The maximum atomic E-state index is 10.8. The second-order valence-electron chi connectivity index (χ2n) is 3.84. The Labute approximate surface area is 81.3 Å². The molecule has 0 N–H and O–H groups in total.